The predicted molar refractivity (Wildman–Crippen MR) is 106 cm³/mol. The van der Waals surface area contributed by atoms with E-state index in [-0.39, 0.29) is 0 Å². The van der Waals surface area contributed by atoms with Gasteiger partial charge in [0.25, 0.3) is 0 Å². The molecule has 0 N–H and O–H groups in total. The maximum absolute atomic E-state index is 12.9. The summed E-state index contributed by atoms with van der Waals surface area (Å²) in [6.45, 7) is 1.64. The zero-order valence-corrected chi connectivity index (χ0v) is 16.4. The molecule has 0 saturated carbocycles. The van der Waals surface area contributed by atoms with Crippen LogP contribution in [0, 0.1) is 0 Å². The van der Waals surface area contributed by atoms with Crippen molar-refractivity contribution in [1.29, 1.82) is 0 Å². The van der Waals surface area contributed by atoms with E-state index in [1.807, 2.05) is 53.3 Å². The maximum Gasteiger partial charge on any atom is 0.451 e. The average Bonchev–Trinajstić information content (AvgIpc) is 3.43. The number of alkyl halides is 3. The molecule has 0 spiro atoms. The molecule has 4 heterocycles. The molecule has 5 rings (SSSR count). The van der Waals surface area contributed by atoms with Gasteiger partial charge in [-0.3, -0.25) is 4.90 Å². The molecule has 0 radical (unpaired) electrons. The lowest BCUT2D eigenvalue weighted by atomic mass is 10.1. The Morgan fingerprint density at radius 1 is 1.06 bits per heavy atom. The highest BCUT2D eigenvalue weighted by molar-refractivity contribution is 5.57. The molecular formula is C22H18F3N5O. The number of fused-ring (bicyclic) bond motifs is 1. The van der Waals surface area contributed by atoms with Crippen LogP contribution in [0.15, 0.2) is 65.5 Å². The Labute approximate surface area is 176 Å². The zero-order chi connectivity index (χ0) is 21.4. The zero-order valence-electron chi connectivity index (χ0n) is 16.4. The van der Waals surface area contributed by atoms with Gasteiger partial charge in [-0.2, -0.15) is 18.3 Å². The highest BCUT2D eigenvalue weighted by atomic mass is 19.4. The topological polar surface area (TPSA) is 60.0 Å². The van der Waals surface area contributed by atoms with Gasteiger partial charge < -0.3 is 4.42 Å². The minimum Gasteiger partial charge on any atom is -0.463 e. The van der Waals surface area contributed by atoms with Crippen LogP contribution in [0.4, 0.5) is 13.2 Å². The van der Waals surface area contributed by atoms with Crippen molar-refractivity contribution >= 4 is 0 Å². The first-order valence-corrected chi connectivity index (χ1v) is 9.79. The van der Waals surface area contributed by atoms with E-state index < -0.39 is 12.0 Å². The normalized spacial score (nSPS) is 14.5. The third-order valence-electron chi connectivity index (χ3n) is 5.23. The molecule has 9 heteroatoms. The van der Waals surface area contributed by atoms with Crippen molar-refractivity contribution in [3.8, 4) is 17.1 Å². The molecule has 31 heavy (non-hydrogen) atoms. The molecule has 6 nitrogen and oxygen atoms in total. The summed E-state index contributed by atoms with van der Waals surface area (Å²) < 4.78 is 46.1. The molecule has 1 aliphatic heterocycles. The largest absolute Gasteiger partial charge is 0.463 e. The van der Waals surface area contributed by atoms with Crippen molar-refractivity contribution in [3.05, 3.63) is 83.8 Å². The fourth-order valence-electron chi connectivity index (χ4n) is 3.75. The highest BCUT2D eigenvalue weighted by Crippen LogP contribution is 2.29. The van der Waals surface area contributed by atoms with Gasteiger partial charge in [0.1, 0.15) is 5.69 Å². The van der Waals surface area contributed by atoms with Gasteiger partial charge in [-0.1, -0.05) is 18.2 Å². The number of benzene rings is 1. The number of furan rings is 1. The lowest BCUT2D eigenvalue weighted by Gasteiger charge is -2.28. The molecule has 1 aromatic carbocycles. The van der Waals surface area contributed by atoms with E-state index in [0.717, 1.165) is 16.9 Å². The Morgan fingerprint density at radius 3 is 2.65 bits per heavy atom. The smallest absolute Gasteiger partial charge is 0.451 e. The van der Waals surface area contributed by atoms with Gasteiger partial charge in [0.05, 0.1) is 17.6 Å². The second-order valence-corrected chi connectivity index (χ2v) is 7.38. The molecular weight excluding hydrogens is 407 g/mol. The molecule has 0 unspecified atom stereocenters. The first-order chi connectivity index (χ1) is 15.0. The fourth-order valence-corrected chi connectivity index (χ4v) is 3.75. The summed E-state index contributed by atoms with van der Waals surface area (Å²) in [6.07, 6.45) is 0.761. The summed E-state index contributed by atoms with van der Waals surface area (Å²) in [5.74, 6) is -0.413. The molecule has 0 fully saturated rings. The second-order valence-electron chi connectivity index (χ2n) is 7.38. The summed E-state index contributed by atoms with van der Waals surface area (Å²) in [6, 6.07) is 13.4. The van der Waals surface area contributed by atoms with Crippen LogP contribution in [0.5, 0.6) is 0 Å². The summed E-state index contributed by atoms with van der Waals surface area (Å²) in [5.41, 5.74) is 3.82. The molecule has 0 atom stereocenters. The lowest BCUT2D eigenvalue weighted by molar-refractivity contribution is -0.145. The van der Waals surface area contributed by atoms with E-state index in [9.17, 15) is 13.2 Å². The number of nitrogens with zero attached hydrogens (tertiary/aromatic N) is 5. The van der Waals surface area contributed by atoms with E-state index in [1.54, 1.807) is 6.26 Å². The molecule has 158 valence electrons. The summed E-state index contributed by atoms with van der Waals surface area (Å²) >= 11 is 0. The van der Waals surface area contributed by atoms with Crippen LogP contribution in [0.3, 0.4) is 0 Å². The predicted octanol–water partition coefficient (Wildman–Crippen LogP) is 4.50. The first kappa shape index (κ1) is 19.5. The minimum absolute atomic E-state index is 0.434. The monoisotopic (exact) mass is 425 g/mol. The van der Waals surface area contributed by atoms with Crippen molar-refractivity contribution in [2.75, 3.05) is 6.54 Å². The van der Waals surface area contributed by atoms with Gasteiger partial charge in [-0.05, 0) is 24.3 Å². The molecule has 0 bridgehead atoms. The van der Waals surface area contributed by atoms with Crippen LogP contribution >= 0.6 is 0 Å². The van der Waals surface area contributed by atoms with E-state index in [1.165, 1.54) is 6.20 Å². The van der Waals surface area contributed by atoms with E-state index in [2.05, 4.69) is 14.9 Å². The molecule has 0 aliphatic carbocycles. The van der Waals surface area contributed by atoms with Crippen molar-refractivity contribution in [3.63, 3.8) is 0 Å². The Hall–Kier alpha value is -3.46. The van der Waals surface area contributed by atoms with Gasteiger partial charge in [0.15, 0.2) is 5.76 Å². The Balaban J connectivity index is 1.42. The van der Waals surface area contributed by atoms with Crippen molar-refractivity contribution in [2.24, 2.45) is 0 Å². The molecule has 0 amide bonds. The van der Waals surface area contributed by atoms with Gasteiger partial charge in [0, 0.05) is 49.6 Å². The van der Waals surface area contributed by atoms with Crippen molar-refractivity contribution in [1.82, 2.24) is 24.6 Å². The van der Waals surface area contributed by atoms with Crippen molar-refractivity contribution < 1.29 is 17.6 Å². The van der Waals surface area contributed by atoms with Crippen LogP contribution in [-0.4, -0.2) is 31.2 Å². The Kier molecular flexibility index (Phi) is 4.82. The van der Waals surface area contributed by atoms with Gasteiger partial charge in [-0.15, -0.1) is 0 Å². The SMILES string of the molecule is FC(F)(F)c1ncc2c(n1)CCN(Cc1cn(-c3ccccc3)nc1-c1ccco1)C2. The minimum atomic E-state index is -4.53. The third-order valence-corrected chi connectivity index (χ3v) is 5.23. The standard InChI is InChI=1S/C22H18F3N5O/c23-22(24,25)21-26-11-15-12-29(9-8-18(15)27-21)13-16-14-30(17-5-2-1-3-6-17)28-20(16)19-7-4-10-31-19/h1-7,10-11,14H,8-9,12-13H2. The molecule has 4 aromatic rings. The second kappa shape index (κ2) is 7.66. The Morgan fingerprint density at radius 2 is 1.90 bits per heavy atom. The third kappa shape index (κ3) is 3.96. The summed E-state index contributed by atoms with van der Waals surface area (Å²) in [7, 11) is 0. The first-order valence-electron chi connectivity index (χ1n) is 9.79. The van der Waals surface area contributed by atoms with E-state index in [0.29, 0.717) is 43.1 Å². The summed E-state index contributed by atoms with van der Waals surface area (Å²) in [5, 5.41) is 4.72. The van der Waals surface area contributed by atoms with Crippen LogP contribution < -0.4 is 0 Å². The fraction of sp³-hybridized carbons (Fsp3) is 0.227. The highest BCUT2D eigenvalue weighted by Gasteiger charge is 2.35. The van der Waals surface area contributed by atoms with Gasteiger partial charge in [-0.25, -0.2) is 14.6 Å². The molecule has 1 aliphatic rings. The quantitative estimate of drug-likeness (QED) is 0.482. The number of hydrogen-bond acceptors (Lipinski definition) is 5. The van der Waals surface area contributed by atoms with E-state index >= 15 is 0 Å². The lowest BCUT2D eigenvalue weighted by Crippen LogP contribution is -2.31. The number of halogens is 3. The average molecular weight is 425 g/mol. The molecule has 3 aromatic heterocycles. The summed E-state index contributed by atoms with van der Waals surface area (Å²) in [4.78, 5) is 9.40. The van der Waals surface area contributed by atoms with Crippen LogP contribution in [0.25, 0.3) is 17.1 Å². The van der Waals surface area contributed by atoms with E-state index in [4.69, 9.17) is 9.52 Å². The van der Waals surface area contributed by atoms with Crippen LogP contribution in [0.2, 0.25) is 0 Å². The number of hydrogen-bond donors (Lipinski definition) is 0. The number of para-hydroxylation sites is 1. The Bertz CT molecular complexity index is 1190. The van der Waals surface area contributed by atoms with Crippen molar-refractivity contribution in [2.45, 2.75) is 25.7 Å². The van der Waals surface area contributed by atoms with Crippen LogP contribution in [0.1, 0.15) is 22.6 Å². The number of rotatable bonds is 4. The maximum atomic E-state index is 12.9. The van der Waals surface area contributed by atoms with Gasteiger partial charge in [0.2, 0.25) is 5.82 Å². The molecule has 0 saturated heterocycles. The van der Waals surface area contributed by atoms with Gasteiger partial charge >= 0.3 is 6.18 Å². The number of aromatic nitrogens is 4. The van der Waals surface area contributed by atoms with Crippen LogP contribution in [-0.2, 0) is 25.7 Å².